The van der Waals surface area contributed by atoms with Crippen molar-refractivity contribution >= 4 is 28.9 Å². The van der Waals surface area contributed by atoms with Crippen molar-refractivity contribution in [3.05, 3.63) is 51.6 Å². The summed E-state index contributed by atoms with van der Waals surface area (Å²) in [4.78, 5) is 29.8. The average molecular weight is 474 g/mol. The first-order chi connectivity index (χ1) is 15.9. The van der Waals surface area contributed by atoms with E-state index in [1.807, 2.05) is 0 Å². The summed E-state index contributed by atoms with van der Waals surface area (Å²) in [5, 5.41) is 22.6. The third-order valence-electron chi connectivity index (χ3n) is 5.58. The van der Waals surface area contributed by atoms with E-state index in [1.54, 1.807) is 19.2 Å². The van der Waals surface area contributed by atoms with E-state index >= 15 is 0 Å². The number of halogens is 1. The number of amides is 1. The van der Waals surface area contributed by atoms with Gasteiger partial charge in [-0.1, -0.05) is 16.8 Å². The zero-order chi connectivity index (χ0) is 23.4. The molecule has 1 atom stereocenters. The molecule has 0 spiro atoms. The summed E-state index contributed by atoms with van der Waals surface area (Å²) in [5.74, 6) is 0.404. The molecule has 1 unspecified atom stereocenters. The van der Waals surface area contributed by atoms with Crippen molar-refractivity contribution < 1.29 is 14.2 Å². The predicted octanol–water partition coefficient (Wildman–Crippen LogP) is 3.40. The van der Waals surface area contributed by atoms with Crippen LogP contribution in [0, 0.1) is 10.1 Å². The Labute approximate surface area is 194 Å². The molecule has 0 radical (unpaired) electrons. The van der Waals surface area contributed by atoms with Crippen molar-refractivity contribution in [1.29, 1.82) is 0 Å². The molecule has 1 amide bonds. The summed E-state index contributed by atoms with van der Waals surface area (Å²) in [5.41, 5.74) is 1.35. The summed E-state index contributed by atoms with van der Waals surface area (Å²) in [6, 6.07) is 4.19. The Morgan fingerprint density at radius 2 is 2.12 bits per heavy atom. The minimum Gasteiger partial charge on any atom is -0.371 e. The lowest BCUT2D eigenvalue weighted by Crippen LogP contribution is -2.32. The molecule has 33 heavy (non-hydrogen) atoms. The van der Waals surface area contributed by atoms with Gasteiger partial charge in [-0.3, -0.25) is 19.6 Å². The van der Waals surface area contributed by atoms with Gasteiger partial charge in [-0.2, -0.15) is 10.1 Å². The highest BCUT2D eigenvalue weighted by Gasteiger charge is 2.22. The Hall–Kier alpha value is -3.47. The van der Waals surface area contributed by atoms with Gasteiger partial charge in [-0.05, 0) is 32.3 Å². The molecule has 1 aliphatic heterocycles. The Morgan fingerprint density at radius 1 is 1.33 bits per heavy atom. The Bertz CT molecular complexity index is 1140. The monoisotopic (exact) mass is 473 g/mol. The van der Waals surface area contributed by atoms with E-state index in [0.717, 1.165) is 31.6 Å². The maximum Gasteiger partial charge on any atom is 0.270 e. The summed E-state index contributed by atoms with van der Waals surface area (Å²) in [7, 11) is 0. The van der Waals surface area contributed by atoms with Gasteiger partial charge >= 0.3 is 0 Å². The van der Waals surface area contributed by atoms with Crippen LogP contribution in [0.15, 0.2) is 35.1 Å². The zero-order valence-corrected chi connectivity index (χ0v) is 18.9. The first-order valence-electron chi connectivity index (χ1n) is 10.8. The summed E-state index contributed by atoms with van der Waals surface area (Å²) >= 11 is 5.85. The van der Waals surface area contributed by atoms with Crippen molar-refractivity contribution in [1.82, 2.24) is 25.2 Å². The van der Waals surface area contributed by atoms with Crippen LogP contribution in [0.2, 0.25) is 5.02 Å². The minimum atomic E-state index is -0.518. The predicted molar refractivity (Wildman–Crippen MR) is 121 cm³/mol. The van der Waals surface area contributed by atoms with Gasteiger partial charge in [0.05, 0.1) is 27.4 Å². The van der Waals surface area contributed by atoms with Crippen molar-refractivity contribution in [3.63, 3.8) is 0 Å². The fourth-order valence-corrected chi connectivity index (χ4v) is 3.92. The van der Waals surface area contributed by atoms with Gasteiger partial charge in [0, 0.05) is 44.4 Å². The number of hydrogen-bond acceptors (Lipinski definition) is 8. The fraction of sp³-hybridized carbons (Fsp3) is 0.429. The molecule has 174 valence electrons. The molecule has 12 heteroatoms. The van der Waals surface area contributed by atoms with Gasteiger partial charge in [0.2, 0.25) is 5.91 Å². The van der Waals surface area contributed by atoms with Gasteiger partial charge < -0.3 is 14.7 Å². The number of hydrogen-bond donors (Lipinski definition) is 1. The second kappa shape index (κ2) is 9.99. The van der Waals surface area contributed by atoms with Crippen LogP contribution < -0.4 is 10.2 Å². The van der Waals surface area contributed by atoms with Crippen molar-refractivity contribution in [2.45, 2.75) is 38.6 Å². The lowest BCUT2D eigenvalue weighted by Gasteiger charge is -2.29. The van der Waals surface area contributed by atoms with Gasteiger partial charge in [0.1, 0.15) is 6.04 Å². The summed E-state index contributed by atoms with van der Waals surface area (Å²) in [6.45, 7) is 3.76. The largest absolute Gasteiger partial charge is 0.371 e. The number of piperidine rings is 1. The molecule has 1 saturated heterocycles. The number of nitrogens with one attached hydrogen (secondary N) is 1. The second-order valence-electron chi connectivity index (χ2n) is 7.88. The first-order valence-corrected chi connectivity index (χ1v) is 11.1. The van der Waals surface area contributed by atoms with E-state index in [-0.39, 0.29) is 17.5 Å². The van der Waals surface area contributed by atoms with Crippen LogP contribution in [0.1, 0.15) is 38.1 Å². The highest BCUT2D eigenvalue weighted by Crippen LogP contribution is 2.34. The van der Waals surface area contributed by atoms with Crippen LogP contribution in [-0.2, 0) is 11.2 Å². The molecule has 1 aromatic carbocycles. The number of nitro benzene ring substituents is 1. The van der Waals surface area contributed by atoms with E-state index in [9.17, 15) is 14.9 Å². The molecule has 2 aromatic heterocycles. The highest BCUT2D eigenvalue weighted by molar-refractivity contribution is 6.30. The number of carbonyl (C=O) groups is 1. The van der Waals surface area contributed by atoms with E-state index < -0.39 is 11.0 Å². The molecule has 1 fully saturated rings. The number of benzene rings is 1. The van der Waals surface area contributed by atoms with E-state index in [0.29, 0.717) is 29.4 Å². The fourth-order valence-electron chi connectivity index (χ4n) is 3.78. The van der Waals surface area contributed by atoms with Crippen molar-refractivity contribution in [2.24, 2.45) is 0 Å². The molecule has 0 saturated carbocycles. The van der Waals surface area contributed by atoms with Crippen LogP contribution in [0.3, 0.4) is 0 Å². The van der Waals surface area contributed by atoms with E-state index in [1.165, 1.54) is 29.4 Å². The highest BCUT2D eigenvalue weighted by atomic mass is 35.5. The van der Waals surface area contributed by atoms with Crippen LogP contribution in [0.25, 0.3) is 11.5 Å². The topological polar surface area (TPSA) is 132 Å². The van der Waals surface area contributed by atoms with E-state index in [4.69, 9.17) is 16.1 Å². The maximum absolute atomic E-state index is 12.3. The molecule has 0 bridgehead atoms. The van der Waals surface area contributed by atoms with Crippen LogP contribution in [0.4, 0.5) is 11.4 Å². The summed E-state index contributed by atoms with van der Waals surface area (Å²) < 4.78 is 6.92. The molecule has 3 heterocycles. The van der Waals surface area contributed by atoms with Crippen molar-refractivity contribution in [3.8, 4) is 11.5 Å². The van der Waals surface area contributed by atoms with Crippen LogP contribution >= 0.6 is 11.6 Å². The Morgan fingerprint density at radius 3 is 2.82 bits per heavy atom. The third kappa shape index (κ3) is 5.30. The maximum atomic E-state index is 12.3. The number of aromatic nitrogens is 4. The van der Waals surface area contributed by atoms with Crippen molar-refractivity contribution in [2.75, 3.05) is 24.5 Å². The van der Waals surface area contributed by atoms with E-state index in [2.05, 4.69) is 25.5 Å². The summed E-state index contributed by atoms with van der Waals surface area (Å²) in [6.07, 6.45) is 6.69. The molecule has 11 nitrogen and oxygen atoms in total. The molecule has 4 rings (SSSR count). The van der Waals surface area contributed by atoms with Gasteiger partial charge in [0.15, 0.2) is 5.82 Å². The number of non-ortho nitro benzene ring substituents is 1. The number of carbonyl (C=O) groups excluding carboxylic acids is 1. The average Bonchev–Trinajstić information content (AvgIpc) is 3.48. The van der Waals surface area contributed by atoms with Gasteiger partial charge in [-0.25, -0.2) is 0 Å². The number of nitro groups is 1. The molecular formula is C21H24ClN7O4. The number of nitrogens with zero attached hydrogens (tertiary/aromatic N) is 6. The smallest absolute Gasteiger partial charge is 0.270 e. The van der Waals surface area contributed by atoms with Crippen LogP contribution in [0.5, 0.6) is 0 Å². The minimum absolute atomic E-state index is 0.0366. The molecule has 0 aliphatic carbocycles. The number of anilines is 1. The Balaban J connectivity index is 1.44. The Kier molecular flexibility index (Phi) is 6.87. The number of rotatable bonds is 8. The third-order valence-corrected chi connectivity index (χ3v) is 5.78. The first kappa shape index (κ1) is 22.7. The molecular weight excluding hydrogens is 450 g/mol. The molecule has 1 N–H and O–H groups in total. The van der Waals surface area contributed by atoms with Gasteiger partial charge in [-0.15, -0.1) is 0 Å². The lowest BCUT2D eigenvalue weighted by molar-refractivity contribution is -0.384. The molecule has 3 aromatic rings. The lowest BCUT2D eigenvalue weighted by atomic mass is 10.1. The normalized spacial score (nSPS) is 14.8. The SMILES string of the molecule is CC(C(=O)NCCc1noc(-c2cc([N+](=O)[O-])ccc2N2CCCCC2)n1)n1cc(Cl)cn1. The quantitative estimate of drug-likeness (QED) is 0.388. The molecule has 1 aliphatic rings. The standard InChI is InChI=1S/C21H24ClN7O4/c1-14(28-13-15(22)12-24-28)20(30)23-8-7-19-25-21(33-26-19)17-11-16(29(31)32)5-6-18(17)27-9-3-2-4-10-27/h5-6,11-14H,2-4,7-10H2,1H3,(H,23,30). The zero-order valence-electron chi connectivity index (χ0n) is 18.1. The second-order valence-corrected chi connectivity index (χ2v) is 8.31. The van der Waals surface area contributed by atoms with Gasteiger partial charge in [0.25, 0.3) is 11.6 Å². The van der Waals surface area contributed by atoms with Crippen LogP contribution in [-0.4, -0.2) is 50.4 Å².